The third-order valence-corrected chi connectivity index (χ3v) is 2.95. The number of hydrogen-bond donors (Lipinski definition) is 2. The predicted octanol–water partition coefficient (Wildman–Crippen LogP) is 2.84. The van der Waals surface area contributed by atoms with Gasteiger partial charge in [0.25, 0.3) is 0 Å². The second-order valence-electron chi connectivity index (χ2n) is 4.45. The van der Waals surface area contributed by atoms with Gasteiger partial charge in [0.2, 0.25) is 5.91 Å². The number of aliphatic hydroxyl groups excluding tert-OH is 1. The molecule has 4 heteroatoms. The van der Waals surface area contributed by atoms with Crippen LogP contribution in [-0.2, 0) is 11.4 Å². The molecule has 0 unspecified atom stereocenters. The highest BCUT2D eigenvalue weighted by molar-refractivity contribution is 6.01. The van der Waals surface area contributed by atoms with Crippen molar-refractivity contribution < 1.29 is 14.6 Å². The Kier molecular flexibility index (Phi) is 5.12. The highest BCUT2D eigenvalue weighted by Gasteiger charge is 1.98. The average Bonchev–Trinajstić information content (AvgIpc) is 2.54. The van der Waals surface area contributed by atoms with Crippen molar-refractivity contribution in [2.75, 3.05) is 12.4 Å². The van der Waals surface area contributed by atoms with Crippen molar-refractivity contribution >= 4 is 17.7 Å². The Hall–Kier alpha value is -2.59. The summed E-state index contributed by atoms with van der Waals surface area (Å²) in [6, 6.07) is 14.5. The van der Waals surface area contributed by atoms with Crippen molar-refractivity contribution in [2.24, 2.45) is 0 Å². The quantitative estimate of drug-likeness (QED) is 0.830. The topological polar surface area (TPSA) is 58.6 Å². The third-order valence-electron chi connectivity index (χ3n) is 2.95. The molecule has 4 nitrogen and oxygen atoms in total. The molecule has 0 saturated carbocycles. The van der Waals surface area contributed by atoms with E-state index >= 15 is 0 Å². The van der Waals surface area contributed by atoms with Gasteiger partial charge >= 0.3 is 0 Å². The zero-order valence-corrected chi connectivity index (χ0v) is 11.7. The Balaban J connectivity index is 1.94. The lowest BCUT2D eigenvalue weighted by Crippen LogP contribution is -2.07. The van der Waals surface area contributed by atoms with Crippen LogP contribution in [0.1, 0.15) is 11.1 Å². The monoisotopic (exact) mass is 283 g/mol. The molecule has 0 aliphatic rings. The van der Waals surface area contributed by atoms with Crippen LogP contribution in [0.4, 0.5) is 5.69 Å². The lowest BCUT2D eigenvalue weighted by atomic mass is 10.2. The standard InChI is InChI=1S/C17H17NO3/c1-21-16-9-4-13(5-10-16)6-11-17(20)18-15-7-2-14(12-19)3-8-15/h2-11,19H,12H2,1H3,(H,18,20). The normalized spacial score (nSPS) is 10.6. The maximum Gasteiger partial charge on any atom is 0.248 e. The van der Waals surface area contributed by atoms with E-state index in [0.29, 0.717) is 5.69 Å². The Labute approximate surface area is 123 Å². The van der Waals surface area contributed by atoms with Crippen molar-refractivity contribution in [2.45, 2.75) is 6.61 Å². The van der Waals surface area contributed by atoms with Crippen LogP contribution in [0.25, 0.3) is 6.08 Å². The summed E-state index contributed by atoms with van der Waals surface area (Å²) in [5.41, 5.74) is 2.42. The SMILES string of the molecule is COc1ccc(C=CC(=O)Nc2ccc(CO)cc2)cc1. The minimum atomic E-state index is -0.206. The summed E-state index contributed by atoms with van der Waals surface area (Å²) >= 11 is 0. The number of carbonyl (C=O) groups is 1. The molecule has 2 aromatic rings. The number of rotatable bonds is 5. The fourth-order valence-electron chi connectivity index (χ4n) is 1.76. The van der Waals surface area contributed by atoms with E-state index in [0.717, 1.165) is 16.9 Å². The summed E-state index contributed by atoms with van der Waals surface area (Å²) < 4.78 is 5.07. The van der Waals surface area contributed by atoms with Gasteiger partial charge < -0.3 is 15.2 Å². The molecule has 0 aliphatic carbocycles. The first-order chi connectivity index (χ1) is 10.2. The first-order valence-corrected chi connectivity index (χ1v) is 6.54. The van der Waals surface area contributed by atoms with Gasteiger partial charge in [-0.2, -0.15) is 0 Å². The molecule has 0 spiro atoms. The van der Waals surface area contributed by atoms with E-state index in [1.807, 2.05) is 24.3 Å². The summed E-state index contributed by atoms with van der Waals surface area (Å²) in [7, 11) is 1.61. The molecule has 0 aliphatic heterocycles. The molecule has 0 radical (unpaired) electrons. The Bertz CT molecular complexity index is 615. The van der Waals surface area contributed by atoms with Gasteiger partial charge in [-0.25, -0.2) is 0 Å². The third kappa shape index (κ3) is 4.47. The number of nitrogens with one attached hydrogen (secondary N) is 1. The molecule has 1 amide bonds. The van der Waals surface area contributed by atoms with Crippen molar-refractivity contribution in [3.63, 3.8) is 0 Å². The fraction of sp³-hybridized carbons (Fsp3) is 0.118. The molecule has 2 N–H and O–H groups in total. The first kappa shape index (κ1) is 14.8. The number of benzene rings is 2. The molecule has 0 bridgehead atoms. The van der Waals surface area contributed by atoms with Crippen molar-refractivity contribution in [3.05, 3.63) is 65.7 Å². The molecule has 0 saturated heterocycles. The van der Waals surface area contributed by atoms with Gasteiger partial charge in [-0.05, 0) is 41.5 Å². The van der Waals surface area contributed by atoms with E-state index in [2.05, 4.69) is 5.32 Å². The minimum absolute atomic E-state index is 0.00833. The molecule has 0 fully saturated rings. The van der Waals surface area contributed by atoms with Crippen LogP contribution in [0.3, 0.4) is 0 Å². The van der Waals surface area contributed by atoms with Gasteiger partial charge in [0.05, 0.1) is 13.7 Å². The van der Waals surface area contributed by atoms with Crippen LogP contribution in [0.5, 0.6) is 5.75 Å². The fourth-order valence-corrected chi connectivity index (χ4v) is 1.76. The van der Waals surface area contributed by atoms with E-state index in [-0.39, 0.29) is 12.5 Å². The molecule has 21 heavy (non-hydrogen) atoms. The number of carbonyl (C=O) groups excluding carboxylic acids is 1. The maximum atomic E-state index is 11.8. The molecule has 0 heterocycles. The highest BCUT2D eigenvalue weighted by Crippen LogP contribution is 2.13. The largest absolute Gasteiger partial charge is 0.497 e. The van der Waals surface area contributed by atoms with Gasteiger partial charge in [0.1, 0.15) is 5.75 Å². The molecule has 108 valence electrons. The highest BCUT2D eigenvalue weighted by atomic mass is 16.5. The number of methoxy groups -OCH3 is 1. The second kappa shape index (κ2) is 7.26. The first-order valence-electron chi connectivity index (χ1n) is 6.54. The van der Waals surface area contributed by atoms with Gasteiger partial charge in [-0.15, -0.1) is 0 Å². The summed E-state index contributed by atoms with van der Waals surface area (Å²) in [6.07, 6.45) is 3.21. The number of anilines is 1. The van der Waals surface area contributed by atoms with E-state index in [1.165, 1.54) is 6.08 Å². The van der Waals surface area contributed by atoms with Gasteiger partial charge in [-0.1, -0.05) is 24.3 Å². The van der Waals surface area contributed by atoms with Gasteiger partial charge in [-0.3, -0.25) is 4.79 Å². The minimum Gasteiger partial charge on any atom is -0.497 e. The van der Waals surface area contributed by atoms with Crippen LogP contribution in [0.15, 0.2) is 54.6 Å². The molecule has 2 aromatic carbocycles. The smallest absolute Gasteiger partial charge is 0.248 e. The molecule has 0 aromatic heterocycles. The van der Waals surface area contributed by atoms with Crippen LogP contribution in [0, 0.1) is 0 Å². The van der Waals surface area contributed by atoms with E-state index in [9.17, 15) is 4.79 Å². The Morgan fingerprint density at radius 1 is 1.14 bits per heavy atom. The maximum absolute atomic E-state index is 11.8. The summed E-state index contributed by atoms with van der Waals surface area (Å²) in [6.45, 7) is -0.00833. The number of hydrogen-bond acceptors (Lipinski definition) is 3. The summed E-state index contributed by atoms with van der Waals surface area (Å²) in [4.78, 5) is 11.8. The van der Waals surface area contributed by atoms with Crippen molar-refractivity contribution in [3.8, 4) is 5.75 Å². The lowest BCUT2D eigenvalue weighted by Gasteiger charge is -2.03. The van der Waals surface area contributed by atoms with Crippen molar-refractivity contribution in [1.29, 1.82) is 0 Å². The molecule has 0 atom stereocenters. The summed E-state index contributed by atoms with van der Waals surface area (Å²) in [5.74, 6) is 0.572. The van der Waals surface area contributed by atoms with Crippen LogP contribution in [-0.4, -0.2) is 18.1 Å². The lowest BCUT2D eigenvalue weighted by molar-refractivity contribution is -0.111. The Morgan fingerprint density at radius 2 is 1.81 bits per heavy atom. The second-order valence-corrected chi connectivity index (χ2v) is 4.45. The van der Waals surface area contributed by atoms with Crippen LogP contribution in [0.2, 0.25) is 0 Å². The zero-order chi connectivity index (χ0) is 15.1. The molecule has 2 rings (SSSR count). The van der Waals surface area contributed by atoms with Crippen LogP contribution < -0.4 is 10.1 Å². The van der Waals surface area contributed by atoms with Gasteiger partial charge in [0, 0.05) is 11.8 Å². The Morgan fingerprint density at radius 3 is 2.38 bits per heavy atom. The number of amides is 1. The molecular weight excluding hydrogens is 266 g/mol. The zero-order valence-electron chi connectivity index (χ0n) is 11.7. The number of ether oxygens (including phenoxy) is 1. The van der Waals surface area contributed by atoms with E-state index < -0.39 is 0 Å². The molecular formula is C17H17NO3. The van der Waals surface area contributed by atoms with E-state index in [1.54, 1.807) is 37.5 Å². The van der Waals surface area contributed by atoms with E-state index in [4.69, 9.17) is 9.84 Å². The predicted molar refractivity (Wildman–Crippen MR) is 83.0 cm³/mol. The average molecular weight is 283 g/mol. The van der Waals surface area contributed by atoms with Gasteiger partial charge in [0.15, 0.2) is 0 Å². The van der Waals surface area contributed by atoms with Crippen molar-refractivity contribution in [1.82, 2.24) is 0 Å². The number of aliphatic hydroxyl groups is 1. The summed E-state index contributed by atoms with van der Waals surface area (Å²) in [5, 5.41) is 11.7. The van der Waals surface area contributed by atoms with Crippen LogP contribution >= 0.6 is 0 Å².